The largest absolute Gasteiger partial charge is 0.479 e. The summed E-state index contributed by atoms with van der Waals surface area (Å²) in [6, 6.07) is 15.7. The number of carbonyl (C=O) groups excluding carboxylic acids is 4. The van der Waals surface area contributed by atoms with Gasteiger partial charge in [-0.15, -0.1) is 0 Å². The second kappa shape index (κ2) is 14.1. The van der Waals surface area contributed by atoms with Crippen molar-refractivity contribution in [2.24, 2.45) is 17.6 Å². The summed E-state index contributed by atoms with van der Waals surface area (Å²) in [6.45, 7) is 2.52. The normalized spacial score (nSPS) is 18.0. The molecule has 42 heavy (non-hydrogen) atoms. The summed E-state index contributed by atoms with van der Waals surface area (Å²) in [5.41, 5.74) is 7.63. The van der Waals surface area contributed by atoms with Crippen LogP contribution in [0.25, 0.3) is 0 Å². The molecule has 3 atom stereocenters. The highest BCUT2D eigenvalue weighted by Crippen LogP contribution is 2.31. The minimum Gasteiger partial charge on any atom is -0.479 e. The van der Waals surface area contributed by atoms with Crippen LogP contribution in [0.1, 0.15) is 29.3 Å². The van der Waals surface area contributed by atoms with Crippen molar-refractivity contribution >= 4 is 29.5 Å². The smallest absolute Gasteiger partial charge is 0.407 e. The van der Waals surface area contributed by atoms with Crippen molar-refractivity contribution in [1.29, 1.82) is 5.41 Å². The molecule has 2 aromatic rings. The van der Waals surface area contributed by atoms with E-state index in [-0.39, 0.29) is 50.1 Å². The Morgan fingerprint density at radius 3 is 2.52 bits per heavy atom. The Labute approximate surface area is 243 Å². The molecule has 0 saturated carbocycles. The maximum atomic E-state index is 12.9. The zero-order valence-corrected chi connectivity index (χ0v) is 23.3. The van der Waals surface area contributed by atoms with Gasteiger partial charge in [-0.2, -0.15) is 0 Å². The lowest BCUT2D eigenvalue weighted by molar-refractivity contribution is -0.151. The molecule has 3 unspecified atom stereocenters. The van der Waals surface area contributed by atoms with Crippen molar-refractivity contribution in [2.75, 3.05) is 26.2 Å². The molecule has 11 heteroatoms. The van der Waals surface area contributed by atoms with Gasteiger partial charge >= 0.3 is 12.1 Å². The molecular formula is C31H34N4O7. The van der Waals surface area contributed by atoms with Crippen LogP contribution < -0.4 is 15.8 Å². The first-order valence-corrected chi connectivity index (χ1v) is 13.7. The van der Waals surface area contributed by atoms with E-state index in [0.717, 1.165) is 11.1 Å². The maximum absolute atomic E-state index is 12.9. The number of carbonyl (C=O) groups is 4. The summed E-state index contributed by atoms with van der Waals surface area (Å²) in [5.74, 6) is -1.83. The van der Waals surface area contributed by atoms with Gasteiger partial charge in [0.15, 0.2) is 17.7 Å². The molecule has 11 nitrogen and oxygen atoms in total. The van der Waals surface area contributed by atoms with Crippen LogP contribution in [-0.2, 0) is 25.7 Å². The predicted molar refractivity (Wildman–Crippen MR) is 154 cm³/mol. The number of nitrogens with one attached hydrogen (secondary N) is 2. The zero-order chi connectivity index (χ0) is 30.1. The number of nitrogens with zero attached hydrogens (tertiary/aromatic N) is 1. The molecule has 220 valence electrons. The first-order valence-electron chi connectivity index (χ1n) is 13.7. The number of fused-ring (bicyclic) bond motifs is 1. The van der Waals surface area contributed by atoms with Crippen LogP contribution in [0.5, 0.6) is 5.75 Å². The fourth-order valence-corrected chi connectivity index (χ4v) is 4.69. The molecule has 1 amide bonds. The molecule has 1 aliphatic heterocycles. The molecule has 4 N–H and O–H groups in total. The van der Waals surface area contributed by atoms with Crippen molar-refractivity contribution in [1.82, 2.24) is 10.2 Å². The number of benzene rings is 2. The van der Waals surface area contributed by atoms with Crippen molar-refractivity contribution in [3.05, 3.63) is 89.6 Å². The number of amides is 1. The molecule has 4 rings (SSSR count). The minimum atomic E-state index is -0.982. The van der Waals surface area contributed by atoms with Gasteiger partial charge in [0, 0.05) is 31.3 Å². The van der Waals surface area contributed by atoms with Gasteiger partial charge in [0.1, 0.15) is 18.2 Å². The Morgan fingerprint density at radius 1 is 1.10 bits per heavy atom. The van der Waals surface area contributed by atoms with E-state index < -0.39 is 30.0 Å². The summed E-state index contributed by atoms with van der Waals surface area (Å²) in [6.07, 6.45) is 3.75. The van der Waals surface area contributed by atoms with E-state index in [2.05, 4.69) is 5.32 Å². The van der Waals surface area contributed by atoms with Gasteiger partial charge in [0.05, 0.1) is 25.0 Å². The number of Topliss-reactive ketones (excluding diaryl/α,β-unsaturated/α-hetero) is 2. The lowest BCUT2D eigenvalue weighted by Crippen LogP contribution is -2.37. The summed E-state index contributed by atoms with van der Waals surface area (Å²) >= 11 is 0. The van der Waals surface area contributed by atoms with Crippen LogP contribution in [0.15, 0.2) is 78.5 Å². The summed E-state index contributed by atoms with van der Waals surface area (Å²) < 4.78 is 16.2. The highest BCUT2D eigenvalue weighted by Gasteiger charge is 2.37. The molecular weight excluding hydrogens is 540 g/mol. The van der Waals surface area contributed by atoms with Gasteiger partial charge in [-0.05, 0) is 42.3 Å². The van der Waals surface area contributed by atoms with Gasteiger partial charge in [-0.25, -0.2) is 9.59 Å². The number of esters is 1. The Hall–Kier alpha value is -4.93. The zero-order valence-electron chi connectivity index (χ0n) is 23.3. The standard InChI is InChI=1S/C31H34N4O7/c1-2-40-30(38)27(14-15-34-31(39)41-19-20-6-4-3-5-7-20)42-23-11-8-21(9-12-23)26(36)18-35-16-22-10-13-24(29(32)33)28(37)25(22)17-35/h3-13,16,24-25,27H,2,14-15,17-19H2,1H3,(H3,32,33)(H,34,39). The van der Waals surface area contributed by atoms with E-state index in [0.29, 0.717) is 17.9 Å². The highest BCUT2D eigenvalue weighted by molar-refractivity contribution is 6.07. The summed E-state index contributed by atoms with van der Waals surface area (Å²) in [5, 5.41) is 10.2. The first-order chi connectivity index (χ1) is 20.2. The average Bonchev–Trinajstić information content (AvgIpc) is 3.40. The van der Waals surface area contributed by atoms with E-state index in [1.165, 1.54) is 0 Å². The number of nitrogens with two attached hydrogens (primary N) is 1. The van der Waals surface area contributed by atoms with Gasteiger partial charge < -0.3 is 30.2 Å². The predicted octanol–water partition coefficient (Wildman–Crippen LogP) is 3.00. The number of hydrogen-bond acceptors (Lipinski definition) is 9. The Morgan fingerprint density at radius 2 is 1.83 bits per heavy atom. The van der Waals surface area contributed by atoms with E-state index in [1.54, 1.807) is 54.4 Å². The third-order valence-corrected chi connectivity index (χ3v) is 6.86. The van der Waals surface area contributed by atoms with Crippen molar-refractivity contribution in [3.63, 3.8) is 0 Å². The number of allylic oxidation sites excluding steroid dienone is 1. The quantitative estimate of drug-likeness (QED) is 0.141. The van der Waals surface area contributed by atoms with E-state index in [9.17, 15) is 19.2 Å². The van der Waals surface area contributed by atoms with Crippen LogP contribution in [0.3, 0.4) is 0 Å². The van der Waals surface area contributed by atoms with Gasteiger partial charge in [0.25, 0.3) is 0 Å². The number of ketones is 2. The molecule has 0 spiro atoms. The number of ether oxygens (including phenoxy) is 3. The van der Waals surface area contributed by atoms with Crippen LogP contribution in [-0.4, -0.2) is 66.7 Å². The molecule has 2 aliphatic rings. The van der Waals surface area contributed by atoms with Crippen molar-refractivity contribution in [3.8, 4) is 5.75 Å². The molecule has 1 aliphatic carbocycles. The van der Waals surface area contributed by atoms with E-state index in [1.807, 2.05) is 30.3 Å². The Bertz CT molecular complexity index is 1370. The number of alkyl carbamates (subject to hydrolysis) is 1. The topological polar surface area (TPSA) is 161 Å². The SMILES string of the molecule is CCOC(=O)C(CCNC(=O)OCc1ccccc1)Oc1ccc(C(=O)CN2C=C3C=CC(C(=N)N)C(=O)C3C2)cc1. The van der Waals surface area contributed by atoms with Crippen molar-refractivity contribution < 1.29 is 33.4 Å². The first kappa shape index (κ1) is 30.0. The third kappa shape index (κ3) is 7.84. The van der Waals surface area contributed by atoms with Gasteiger partial charge in [-0.3, -0.25) is 15.0 Å². The van der Waals surface area contributed by atoms with Crippen LogP contribution in [0, 0.1) is 17.2 Å². The molecule has 0 bridgehead atoms. The van der Waals surface area contributed by atoms with Crippen LogP contribution in [0.4, 0.5) is 4.79 Å². The lowest BCUT2D eigenvalue weighted by Gasteiger charge is -2.22. The Balaban J connectivity index is 1.27. The van der Waals surface area contributed by atoms with Gasteiger partial charge in [-0.1, -0.05) is 42.5 Å². The molecule has 0 radical (unpaired) electrons. The van der Waals surface area contributed by atoms with E-state index in [4.69, 9.17) is 25.4 Å². The number of rotatable bonds is 13. The number of amidine groups is 1. The fourth-order valence-electron chi connectivity index (χ4n) is 4.69. The lowest BCUT2D eigenvalue weighted by atomic mass is 9.83. The van der Waals surface area contributed by atoms with Crippen LogP contribution in [0.2, 0.25) is 0 Å². The number of hydrogen-bond donors (Lipinski definition) is 3. The molecule has 0 fully saturated rings. The molecule has 1 heterocycles. The highest BCUT2D eigenvalue weighted by atomic mass is 16.6. The van der Waals surface area contributed by atoms with Crippen LogP contribution >= 0.6 is 0 Å². The summed E-state index contributed by atoms with van der Waals surface area (Å²) in [7, 11) is 0. The minimum absolute atomic E-state index is 0.0730. The second-order valence-electron chi connectivity index (χ2n) is 9.89. The average molecular weight is 575 g/mol. The molecule has 0 saturated heterocycles. The third-order valence-electron chi connectivity index (χ3n) is 6.86. The monoisotopic (exact) mass is 574 g/mol. The van der Waals surface area contributed by atoms with E-state index >= 15 is 0 Å². The molecule has 2 aromatic carbocycles. The Kier molecular flexibility index (Phi) is 10.1. The summed E-state index contributed by atoms with van der Waals surface area (Å²) in [4.78, 5) is 51.9. The van der Waals surface area contributed by atoms with Crippen molar-refractivity contribution in [2.45, 2.75) is 26.1 Å². The molecule has 0 aromatic heterocycles. The maximum Gasteiger partial charge on any atom is 0.407 e. The fraction of sp³-hybridized carbons (Fsp3) is 0.323. The second-order valence-corrected chi connectivity index (χ2v) is 9.89. The van der Waals surface area contributed by atoms with Gasteiger partial charge in [0.2, 0.25) is 0 Å².